The molecule has 2 rings (SSSR count). The van der Waals surface area contributed by atoms with Crippen molar-refractivity contribution in [1.29, 1.82) is 0 Å². The summed E-state index contributed by atoms with van der Waals surface area (Å²) >= 11 is 0. The zero-order valence-electron chi connectivity index (χ0n) is 9.43. The van der Waals surface area contributed by atoms with Crippen molar-refractivity contribution in [2.75, 3.05) is 0 Å². The van der Waals surface area contributed by atoms with Gasteiger partial charge in [-0.2, -0.15) is 0 Å². The Balaban J connectivity index is 2.61. The van der Waals surface area contributed by atoms with Gasteiger partial charge < -0.3 is 20.4 Å². The quantitative estimate of drug-likeness (QED) is 0.535. The van der Waals surface area contributed by atoms with E-state index >= 15 is 0 Å². The second kappa shape index (κ2) is 4.69. The van der Waals surface area contributed by atoms with Crippen LogP contribution in [0.2, 0.25) is 0 Å². The molecule has 0 saturated carbocycles. The van der Waals surface area contributed by atoms with Crippen LogP contribution in [-0.4, -0.2) is 41.3 Å². The number of aliphatic hydroxyl groups is 3. The van der Waals surface area contributed by atoms with Gasteiger partial charge in [-0.05, 0) is 18.2 Å². The third-order valence-corrected chi connectivity index (χ3v) is 2.25. The molecule has 8 nitrogen and oxygen atoms in total. The maximum atomic E-state index is 11.1. The lowest BCUT2D eigenvalue weighted by molar-refractivity contribution is -0.326. The van der Waals surface area contributed by atoms with E-state index in [2.05, 4.69) is 15.0 Å². The summed E-state index contributed by atoms with van der Waals surface area (Å²) in [5, 5.41) is 36.0. The highest BCUT2D eigenvalue weighted by atomic mass is 16.7. The Bertz CT molecular complexity index is 609. The van der Waals surface area contributed by atoms with Crippen molar-refractivity contribution in [3.05, 3.63) is 42.0 Å². The number of carbonyl (C=O) groups is 1. The molecule has 0 aliphatic carbocycles. The molecular formula is C11H9N3O5. The Kier molecular flexibility index (Phi) is 3.21. The van der Waals surface area contributed by atoms with E-state index < -0.39 is 23.3 Å². The molecule has 2 heterocycles. The van der Waals surface area contributed by atoms with Crippen molar-refractivity contribution < 1.29 is 25.2 Å². The van der Waals surface area contributed by atoms with E-state index in [1.807, 2.05) is 0 Å². The molecule has 0 unspecified atom stereocenters. The first kappa shape index (κ1) is 13.0. The van der Waals surface area contributed by atoms with Crippen LogP contribution in [0.1, 0.15) is 16.2 Å². The molecule has 0 atom stereocenters. The molecule has 2 aromatic rings. The SMILES string of the molecule is O=C(O)c1nc(C(O)(O)O)ccc1-c1ncccn1. The van der Waals surface area contributed by atoms with Gasteiger partial charge in [-0.15, -0.1) is 0 Å². The van der Waals surface area contributed by atoms with Crippen LogP contribution < -0.4 is 0 Å². The average molecular weight is 263 g/mol. The second-order valence-corrected chi connectivity index (χ2v) is 3.61. The molecule has 4 N–H and O–H groups in total. The van der Waals surface area contributed by atoms with Crippen molar-refractivity contribution in [1.82, 2.24) is 15.0 Å². The van der Waals surface area contributed by atoms with Gasteiger partial charge in [0.15, 0.2) is 11.5 Å². The first-order valence-corrected chi connectivity index (χ1v) is 5.09. The molecule has 0 saturated heterocycles. The molecule has 19 heavy (non-hydrogen) atoms. The van der Waals surface area contributed by atoms with Crippen molar-refractivity contribution in [2.24, 2.45) is 0 Å². The van der Waals surface area contributed by atoms with Crippen LogP contribution in [0.3, 0.4) is 0 Å². The van der Waals surface area contributed by atoms with Gasteiger partial charge in [0.05, 0.1) is 5.56 Å². The van der Waals surface area contributed by atoms with Gasteiger partial charge in [-0.3, -0.25) is 0 Å². The predicted octanol–water partition coefficient (Wildman–Crippen LogP) is -0.676. The van der Waals surface area contributed by atoms with Crippen LogP contribution in [-0.2, 0) is 5.97 Å². The van der Waals surface area contributed by atoms with Crippen molar-refractivity contribution >= 4 is 5.97 Å². The molecule has 0 radical (unpaired) electrons. The molecule has 0 fully saturated rings. The zero-order chi connectivity index (χ0) is 14.0. The van der Waals surface area contributed by atoms with Crippen LogP contribution in [0.15, 0.2) is 30.6 Å². The molecule has 0 aromatic carbocycles. The number of aromatic nitrogens is 3. The number of hydrogen-bond donors (Lipinski definition) is 4. The van der Waals surface area contributed by atoms with E-state index in [-0.39, 0.29) is 11.4 Å². The van der Waals surface area contributed by atoms with E-state index in [0.29, 0.717) is 0 Å². The molecule has 98 valence electrons. The van der Waals surface area contributed by atoms with Crippen molar-refractivity contribution in [3.8, 4) is 11.4 Å². The van der Waals surface area contributed by atoms with Gasteiger partial charge in [0.2, 0.25) is 0 Å². The lowest BCUT2D eigenvalue weighted by Gasteiger charge is -2.14. The van der Waals surface area contributed by atoms with Gasteiger partial charge >= 0.3 is 11.9 Å². The molecular weight excluding hydrogens is 254 g/mol. The Morgan fingerprint density at radius 3 is 2.26 bits per heavy atom. The maximum absolute atomic E-state index is 11.1. The fourth-order valence-electron chi connectivity index (χ4n) is 1.43. The summed E-state index contributed by atoms with van der Waals surface area (Å²) < 4.78 is 0. The van der Waals surface area contributed by atoms with Crippen molar-refractivity contribution in [2.45, 2.75) is 5.97 Å². The van der Waals surface area contributed by atoms with Crippen LogP contribution in [0, 0.1) is 0 Å². The summed E-state index contributed by atoms with van der Waals surface area (Å²) in [6.45, 7) is 0. The average Bonchev–Trinajstić information content (AvgIpc) is 2.38. The summed E-state index contributed by atoms with van der Waals surface area (Å²) in [5.41, 5.74) is -1.00. The molecule has 2 aromatic heterocycles. The lowest BCUT2D eigenvalue weighted by atomic mass is 10.1. The van der Waals surface area contributed by atoms with E-state index in [4.69, 9.17) is 20.4 Å². The number of aromatic carboxylic acids is 1. The van der Waals surface area contributed by atoms with Gasteiger partial charge in [-0.25, -0.2) is 19.7 Å². The summed E-state index contributed by atoms with van der Waals surface area (Å²) in [5.74, 6) is -4.49. The third-order valence-electron chi connectivity index (χ3n) is 2.25. The highest BCUT2D eigenvalue weighted by molar-refractivity contribution is 5.92. The van der Waals surface area contributed by atoms with Crippen LogP contribution in [0.5, 0.6) is 0 Å². The Hall–Kier alpha value is -2.42. The number of hydrogen-bond acceptors (Lipinski definition) is 7. The number of carboxylic acids is 1. The van der Waals surface area contributed by atoms with Gasteiger partial charge in [0.25, 0.3) is 0 Å². The monoisotopic (exact) mass is 263 g/mol. The standard InChI is InChI=1S/C11H9N3O5/c15-10(16)8-6(9-12-4-1-5-13-9)2-3-7(14-8)11(17,18)19/h1-5,17-19H,(H,15,16). The Labute approximate surface area is 106 Å². The number of pyridine rings is 1. The van der Waals surface area contributed by atoms with Gasteiger partial charge in [-0.1, -0.05) is 0 Å². The first-order chi connectivity index (χ1) is 8.89. The second-order valence-electron chi connectivity index (χ2n) is 3.61. The van der Waals surface area contributed by atoms with E-state index in [1.165, 1.54) is 18.5 Å². The van der Waals surface area contributed by atoms with Gasteiger partial charge in [0, 0.05) is 12.4 Å². The topological polar surface area (TPSA) is 137 Å². The number of rotatable bonds is 3. The largest absolute Gasteiger partial charge is 0.476 e. The molecule has 0 amide bonds. The Morgan fingerprint density at radius 1 is 1.11 bits per heavy atom. The van der Waals surface area contributed by atoms with E-state index in [9.17, 15) is 4.79 Å². The van der Waals surface area contributed by atoms with Crippen LogP contribution in [0.4, 0.5) is 0 Å². The smallest absolute Gasteiger partial charge is 0.355 e. The van der Waals surface area contributed by atoms with E-state index in [1.54, 1.807) is 6.07 Å². The minimum absolute atomic E-state index is 0.0982. The van der Waals surface area contributed by atoms with Crippen molar-refractivity contribution in [3.63, 3.8) is 0 Å². The summed E-state index contributed by atoms with van der Waals surface area (Å²) in [6, 6.07) is 3.86. The fraction of sp³-hybridized carbons (Fsp3) is 0.0909. The predicted molar refractivity (Wildman–Crippen MR) is 60.6 cm³/mol. The highest BCUT2D eigenvalue weighted by Crippen LogP contribution is 2.21. The molecule has 0 aliphatic heterocycles. The number of carboxylic acid groups (broad SMARTS) is 1. The number of nitrogens with zero attached hydrogens (tertiary/aromatic N) is 3. The normalized spacial score (nSPS) is 11.3. The molecule has 0 aliphatic rings. The summed E-state index contributed by atoms with van der Waals surface area (Å²) in [4.78, 5) is 22.4. The first-order valence-electron chi connectivity index (χ1n) is 5.09. The van der Waals surface area contributed by atoms with Crippen LogP contribution >= 0.6 is 0 Å². The van der Waals surface area contributed by atoms with Crippen LogP contribution in [0.25, 0.3) is 11.4 Å². The maximum Gasteiger partial charge on any atom is 0.355 e. The Morgan fingerprint density at radius 2 is 1.74 bits per heavy atom. The van der Waals surface area contributed by atoms with E-state index in [0.717, 1.165) is 6.07 Å². The molecule has 0 bridgehead atoms. The highest BCUT2D eigenvalue weighted by Gasteiger charge is 2.27. The third kappa shape index (κ3) is 2.71. The van der Waals surface area contributed by atoms with Gasteiger partial charge in [0.1, 0.15) is 5.69 Å². The lowest BCUT2D eigenvalue weighted by Crippen LogP contribution is -2.26. The molecule has 0 spiro atoms. The minimum atomic E-state index is -3.21. The summed E-state index contributed by atoms with van der Waals surface area (Å²) in [6.07, 6.45) is 2.85. The summed E-state index contributed by atoms with van der Waals surface area (Å²) in [7, 11) is 0. The molecule has 8 heteroatoms. The fourth-order valence-corrected chi connectivity index (χ4v) is 1.43. The zero-order valence-corrected chi connectivity index (χ0v) is 9.43. The minimum Gasteiger partial charge on any atom is -0.476 e.